The Bertz CT molecular complexity index is 1490. The van der Waals surface area contributed by atoms with Gasteiger partial charge in [-0.2, -0.15) is 0 Å². The van der Waals surface area contributed by atoms with Gasteiger partial charge in [-0.3, -0.25) is 14.6 Å². The molecule has 4 aliphatic rings. The van der Waals surface area contributed by atoms with Gasteiger partial charge in [-0.05, 0) is 119 Å². The van der Waals surface area contributed by atoms with Crippen LogP contribution in [0.3, 0.4) is 0 Å². The van der Waals surface area contributed by atoms with Crippen molar-refractivity contribution >= 4 is 5.78 Å². The molecular weight excluding hydrogens is 580 g/mol. The maximum absolute atomic E-state index is 12.3. The molecule has 5 atom stereocenters. The van der Waals surface area contributed by atoms with Gasteiger partial charge in [0.25, 0.3) is 0 Å². The molecule has 2 aliphatic heterocycles. The second-order valence-corrected chi connectivity index (χ2v) is 14.8. The highest BCUT2D eigenvalue weighted by Gasteiger charge is 2.66. The zero-order valence-electron chi connectivity index (χ0n) is 28.7. The predicted molar refractivity (Wildman–Crippen MR) is 190 cm³/mol. The van der Waals surface area contributed by atoms with E-state index in [2.05, 4.69) is 82.6 Å². The zero-order chi connectivity index (χ0) is 32.2. The Morgan fingerprint density at radius 3 is 2.21 bits per heavy atom. The first-order valence-corrected chi connectivity index (χ1v) is 18.5. The summed E-state index contributed by atoms with van der Waals surface area (Å²) in [5.41, 5.74) is 5.79. The Hall–Kier alpha value is -3.15. The molecule has 0 N–H and O–H groups in total. The van der Waals surface area contributed by atoms with Crippen LogP contribution in [0.25, 0.3) is 0 Å². The van der Waals surface area contributed by atoms with Crippen molar-refractivity contribution in [3.8, 4) is 11.5 Å². The fourth-order valence-corrected chi connectivity index (χ4v) is 9.98. The van der Waals surface area contributed by atoms with Crippen molar-refractivity contribution in [3.05, 3.63) is 95.1 Å². The summed E-state index contributed by atoms with van der Waals surface area (Å²) < 4.78 is 13.2. The van der Waals surface area contributed by atoms with E-state index in [1.54, 1.807) is 14.0 Å². The number of Topliss-reactive ketones (excluding diaryl/α,β-unsaturated/α-hetero) is 1. The van der Waals surface area contributed by atoms with E-state index in [1.807, 2.05) is 0 Å². The minimum atomic E-state index is 0.0102. The summed E-state index contributed by atoms with van der Waals surface area (Å²) in [4.78, 5) is 17.7. The lowest BCUT2D eigenvalue weighted by Crippen LogP contribution is -2.69. The molecule has 250 valence electrons. The van der Waals surface area contributed by atoms with Gasteiger partial charge in [0, 0.05) is 23.1 Å². The summed E-state index contributed by atoms with van der Waals surface area (Å²) in [6, 6.07) is 27.1. The maximum atomic E-state index is 12.3. The number of piperidine rings is 1. The fourth-order valence-electron chi connectivity index (χ4n) is 9.98. The van der Waals surface area contributed by atoms with E-state index in [0.29, 0.717) is 24.5 Å². The predicted octanol–water partition coefficient (Wildman–Crippen LogP) is 7.82. The molecule has 0 amide bonds. The number of hydrogen-bond acceptors (Lipinski definition) is 5. The van der Waals surface area contributed by atoms with Crippen LogP contribution in [0, 0.1) is 5.92 Å². The molecule has 3 aromatic carbocycles. The third-order valence-corrected chi connectivity index (χ3v) is 12.0. The number of aryl methyl sites for hydroxylation is 2. The zero-order valence-corrected chi connectivity index (χ0v) is 28.7. The number of ether oxygens (including phenoxy) is 2. The van der Waals surface area contributed by atoms with E-state index < -0.39 is 0 Å². The number of ketones is 1. The third kappa shape index (κ3) is 6.50. The van der Waals surface area contributed by atoms with Crippen molar-refractivity contribution in [2.45, 2.75) is 108 Å². The minimum Gasteiger partial charge on any atom is -0.493 e. The molecule has 2 bridgehead atoms. The number of rotatable bonds is 16. The normalized spacial score (nSPS) is 25.8. The lowest BCUT2D eigenvalue weighted by atomic mass is 9.51. The Labute approximate surface area is 282 Å². The number of methoxy groups -OCH3 is 1. The first-order chi connectivity index (χ1) is 23.1. The molecule has 2 fully saturated rings. The molecule has 5 heteroatoms. The largest absolute Gasteiger partial charge is 0.493 e. The number of benzene rings is 3. The van der Waals surface area contributed by atoms with Gasteiger partial charge >= 0.3 is 0 Å². The van der Waals surface area contributed by atoms with Crippen LogP contribution in [-0.4, -0.2) is 67.1 Å². The quantitative estimate of drug-likeness (QED) is 0.150. The molecular formula is C42H54N2O3. The second kappa shape index (κ2) is 14.5. The van der Waals surface area contributed by atoms with Gasteiger partial charge < -0.3 is 9.47 Å². The van der Waals surface area contributed by atoms with Crippen molar-refractivity contribution in [2.24, 2.45) is 5.92 Å². The molecule has 2 heterocycles. The van der Waals surface area contributed by atoms with E-state index in [0.717, 1.165) is 50.4 Å². The van der Waals surface area contributed by atoms with Crippen LogP contribution in [0.15, 0.2) is 72.8 Å². The van der Waals surface area contributed by atoms with Gasteiger partial charge in [0.1, 0.15) is 11.9 Å². The number of carbonyl (C=O) groups is 1. The summed E-state index contributed by atoms with van der Waals surface area (Å²) in [6.45, 7) is 5.56. The van der Waals surface area contributed by atoms with Gasteiger partial charge in [-0.1, -0.05) is 79.6 Å². The molecule has 0 aromatic heterocycles. The van der Waals surface area contributed by atoms with Crippen LogP contribution in [0.4, 0.5) is 0 Å². The van der Waals surface area contributed by atoms with Crippen LogP contribution in [-0.2, 0) is 29.5 Å². The topological polar surface area (TPSA) is 42.0 Å². The molecule has 1 saturated carbocycles. The minimum absolute atomic E-state index is 0.0102. The lowest BCUT2D eigenvalue weighted by molar-refractivity contribution is -0.123. The van der Waals surface area contributed by atoms with Crippen molar-refractivity contribution in [3.63, 3.8) is 0 Å². The monoisotopic (exact) mass is 634 g/mol. The Kier molecular flexibility index (Phi) is 10.0. The number of hydrogen-bond donors (Lipinski definition) is 0. The molecule has 5 nitrogen and oxygen atoms in total. The molecule has 7 rings (SSSR count). The van der Waals surface area contributed by atoms with Crippen molar-refractivity contribution in [2.75, 3.05) is 33.3 Å². The number of carbonyl (C=O) groups excluding carboxylic acids is 1. The van der Waals surface area contributed by atoms with Crippen molar-refractivity contribution in [1.29, 1.82) is 0 Å². The average Bonchev–Trinajstić information content (AvgIpc) is 3.44. The van der Waals surface area contributed by atoms with E-state index in [1.165, 1.54) is 80.0 Å². The van der Waals surface area contributed by atoms with Crippen molar-refractivity contribution in [1.82, 2.24) is 9.80 Å². The summed E-state index contributed by atoms with van der Waals surface area (Å²) in [7, 11) is 1.79. The van der Waals surface area contributed by atoms with Gasteiger partial charge in [0.2, 0.25) is 0 Å². The van der Waals surface area contributed by atoms with Gasteiger partial charge in [-0.15, -0.1) is 0 Å². The Morgan fingerprint density at radius 1 is 0.872 bits per heavy atom. The van der Waals surface area contributed by atoms with E-state index >= 15 is 0 Å². The van der Waals surface area contributed by atoms with E-state index in [9.17, 15) is 4.79 Å². The highest BCUT2D eigenvalue weighted by Crippen LogP contribution is 2.64. The van der Waals surface area contributed by atoms with Crippen LogP contribution in [0.2, 0.25) is 0 Å². The standard InChI is InChI=1S/C42H54N2O3/c1-31(45)30-44-28-25-42-35-22-23-36(41(42)47-40-38(46-2)24-21-34(39(40)42)29-37(35)44)43(27-14-12-20-33-18-10-6-11-19-33)26-13-4-3-7-15-32-16-8-5-9-17-32/h5-6,8-11,16-19,21,24,35-37,41H,3-4,7,12-15,20,22-23,25-30H2,1-2H3/t35-,36+,37+,41-,42-/m0/s1. The SMILES string of the molecule is COc1ccc2c3c1O[C@H]1[C@H](N(CCCCCCc4ccccc4)CCCCc4ccccc4)CC[C@H]4[C@@H](C2)N(CC(C)=O)CC[C@@]341. The van der Waals surface area contributed by atoms with Gasteiger partial charge in [-0.25, -0.2) is 0 Å². The number of nitrogens with zero attached hydrogens (tertiary/aromatic N) is 2. The van der Waals surface area contributed by atoms with Crippen LogP contribution in [0.1, 0.15) is 87.0 Å². The Morgan fingerprint density at radius 2 is 1.53 bits per heavy atom. The highest BCUT2D eigenvalue weighted by atomic mass is 16.5. The highest BCUT2D eigenvalue weighted by molar-refractivity contribution is 5.77. The molecule has 47 heavy (non-hydrogen) atoms. The van der Waals surface area contributed by atoms with Crippen LogP contribution >= 0.6 is 0 Å². The molecule has 0 radical (unpaired) electrons. The van der Waals surface area contributed by atoms with E-state index in [4.69, 9.17) is 9.47 Å². The van der Waals surface area contributed by atoms with Crippen LogP contribution in [0.5, 0.6) is 11.5 Å². The Balaban J connectivity index is 1.10. The van der Waals surface area contributed by atoms with E-state index in [-0.39, 0.29) is 17.3 Å². The first kappa shape index (κ1) is 32.4. The molecule has 2 aliphatic carbocycles. The molecule has 1 spiro atoms. The fraction of sp³-hybridized carbons (Fsp3) is 0.548. The number of likely N-dealkylation sites (tertiary alicyclic amines) is 1. The summed E-state index contributed by atoms with van der Waals surface area (Å²) in [6.07, 6.45) is 14.4. The van der Waals surface area contributed by atoms with Crippen LogP contribution < -0.4 is 9.47 Å². The van der Waals surface area contributed by atoms with Gasteiger partial charge in [0.05, 0.1) is 13.7 Å². The summed E-state index contributed by atoms with van der Waals surface area (Å²) >= 11 is 0. The lowest BCUT2D eigenvalue weighted by Gasteiger charge is -2.60. The smallest absolute Gasteiger partial charge is 0.165 e. The molecule has 0 unspecified atom stereocenters. The third-order valence-electron chi connectivity index (χ3n) is 12.0. The van der Waals surface area contributed by atoms with Crippen molar-refractivity contribution < 1.29 is 14.3 Å². The van der Waals surface area contributed by atoms with Gasteiger partial charge in [0.15, 0.2) is 11.5 Å². The number of unbranched alkanes of at least 4 members (excludes halogenated alkanes) is 4. The first-order valence-electron chi connectivity index (χ1n) is 18.5. The summed E-state index contributed by atoms with van der Waals surface area (Å²) in [5, 5.41) is 0. The molecule has 3 aromatic rings. The summed E-state index contributed by atoms with van der Waals surface area (Å²) in [5.74, 6) is 2.72. The maximum Gasteiger partial charge on any atom is 0.165 e. The molecule has 1 saturated heterocycles. The average molecular weight is 635 g/mol. The second-order valence-electron chi connectivity index (χ2n) is 14.8.